The molecule has 4 nitrogen and oxygen atoms in total. The fourth-order valence-corrected chi connectivity index (χ4v) is 2.71. The van der Waals surface area contributed by atoms with Crippen LogP contribution in [0.25, 0.3) is 0 Å². The zero-order chi connectivity index (χ0) is 12.4. The van der Waals surface area contributed by atoms with Gasteiger partial charge in [-0.2, -0.15) is 0 Å². The highest BCUT2D eigenvalue weighted by Gasteiger charge is 2.41. The van der Waals surface area contributed by atoms with Crippen LogP contribution in [0.1, 0.15) is 12.0 Å². The van der Waals surface area contributed by atoms with Crippen molar-refractivity contribution in [3.05, 3.63) is 35.9 Å². The molecule has 2 heterocycles. The molecule has 1 aromatic rings. The first-order valence-corrected chi connectivity index (χ1v) is 6.44. The Labute approximate surface area is 119 Å². The summed E-state index contributed by atoms with van der Waals surface area (Å²) in [6, 6.07) is 10.1. The van der Waals surface area contributed by atoms with Crippen molar-refractivity contribution >= 4 is 18.3 Å². The minimum Gasteiger partial charge on any atom is -0.362 e. The summed E-state index contributed by atoms with van der Waals surface area (Å²) >= 11 is 0. The van der Waals surface area contributed by atoms with Crippen molar-refractivity contribution < 1.29 is 9.53 Å². The van der Waals surface area contributed by atoms with Gasteiger partial charge in [-0.25, -0.2) is 0 Å². The lowest BCUT2D eigenvalue weighted by atomic mass is 10.00. The molecule has 2 aliphatic heterocycles. The van der Waals surface area contributed by atoms with Crippen LogP contribution >= 0.6 is 12.4 Å². The molecular formula is C14H19ClN2O2. The highest BCUT2D eigenvalue weighted by atomic mass is 35.5. The fourth-order valence-electron chi connectivity index (χ4n) is 2.71. The van der Waals surface area contributed by atoms with Crippen molar-refractivity contribution in [2.45, 2.75) is 18.6 Å². The van der Waals surface area contributed by atoms with Crippen molar-refractivity contribution in [2.75, 3.05) is 26.2 Å². The lowest BCUT2D eigenvalue weighted by molar-refractivity contribution is -0.161. The molecule has 1 N–H and O–H groups in total. The summed E-state index contributed by atoms with van der Waals surface area (Å²) in [6.07, 6.45) is 0.992. The number of rotatable bonds is 2. The van der Waals surface area contributed by atoms with Gasteiger partial charge >= 0.3 is 0 Å². The molecular weight excluding hydrogens is 264 g/mol. The maximum absolute atomic E-state index is 11.9. The zero-order valence-corrected chi connectivity index (χ0v) is 11.6. The molecule has 3 rings (SSSR count). The van der Waals surface area contributed by atoms with E-state index in [0.717, 1.165) is 19.5 Å². The fraction of sp³-hybridized carbons (Fsp3) is 0.500. The molecule has 19 heavy (non-hydrogen) atoms. The zero-order valence-electron chi connectivity index (χ0n) is 10.8. The molecule has 0 aromatic heterocycles. The number of carbonyl (C=O) groups is 1. The maximum Gasteiger partial charge on any atom is 0.249 e. The molecule has 0 radical (unpaired) electrons. The van der Waals surface area contributed by atoms with E-state index in [1.165, 1.54) is 5.56 Å². The van der Waals surface area contributed by atoms with Gasteiger partial charge < -0.3 is 15.0 Å². The molecule has 1 spiro atoms. The molecule has 0 bridgehead atoms. The number of nitrogens with one attached hydrogen (secondary N) is 1. The SMILES string of the molecule is Cl.O=C1COC2(CCNC2)CN1Cc1ccccc1. The number of hydrogen-bond acceptors (Lipinski definition) is 3. The van der Waals surface area contributed by atoms with Crippen LogP contribution in [-0.2, 0) is 16.1 Å². The number of amides is 1. The molecule has 0 aliphatic carbocycles. The number of morpholine rings is 1. The number of ether oxygens (including phenoxy) is 1. The Bertz CT molecular complexity index is 432. The Kier molecular flexibility index (Phi) is 4.45. The number of halogens is 1. The predicted octanol–water partition coefficient (Wildman–Crippen LogP) is 1.20. The van der Waals surface area contributed by atoms with Crippen molar-refractivity contribution in [2.24, 2.45) is 0 Å². The van der Waals surface area contributed by atoms with Crippen LogP contribution in [-0.4, -0.2) is 42.6 Å². The van der Waals surface area contributed by atoms with E-state index in [1.807, 2.05) is 23.1 Å². The van der Waals surface area contributed by atoms with Crippen LogP contribution < -0.4 is 5.32 Å². The lowest BCUT2D eigenvalue weighted by Gasteiger charge is -2.39. The van der Waals surface area contributed by atoms with Crippen LogP contribution in [0, 0.1) is 0 Å². The number of benzene rings is 1. The van der Waals surface area contributed by atoms with Crippen LogP contribution in [0.5, 0.6) is 0 Å². The van der Waals surface area contributed by atoms with Gasteiger partial charge in [0.05, 0.1) is 12.1 Å². The number of nitrogens with zero attached hydrogens (tertiary/aromatic N) is 1. The van der Waals surface area contributed by atoms with Gasteiger partial charge in [0.15, 0.2) is 0 Å². The molecule has 2 fully saturated rings. The van der Waals surface area contributed by atoms with Crippen LogP contribution in [0.3, 0.4) is 0 Å². The second-order valence-corrected chi connectivity index (χ2v) is 5.13. The molecule has 1 atom stereocenters. The first-order valence-electron chi connectivity index (χ1n) is 6.44. The minimum atomic E-state index is -0.150. The van der Waals surface area contributed by atoms with E-state index >= 15 is 0 Å². The molecule has 5 heteroatoms. The Morgan fingerprint density at radius 2 is 2.11 bits per heavy atom. The average molecular weight is 283 g/mol. The lowest BCUT2D eigenvalue weighted by Crippen LogP contribution is -2.55. The summed E-state index contributed by atoms with van der Waals surface area (Å²) in [5.41, 5.74) is 1.02. The number of carbonyl (C=O) groups excluding carboxylic acids is 1. The summed E-state index contributed by atoms with van der Waals surface area (Å²) in [5.74, 6) is 0.0939. The Balaban J connectivity index is 0.00000133. The van der Waals surface area contributed by atoms with Crippen molar-refractivity contribution in [1.29, 1.82) is 0 Å². The van der Waals surface area contributed by atoms with Crippen molar-refractivity contribution in [3.8, 4) is 0 Å². The third-order valence-electron chi connectivity index (χ3n) is 3.75. The maximum atomic E-state index is 11.9. The van der Waals surface area contributed by atoms with Gasteiger partial charge in [0, 0.05) is 13.1 Å². The van der Waals surface area contributed by atoms with E-state index < -0.39 is 0 Å². The van der Waals surface area contributed by atoms with Gasteiger partial charge in [-0.05, 0) is 18.5 Å². The quantitative estimate of drug-likeness (QED) is 0.886. The third-order valence-corrected chi connectivity index (χ3v) is 3.75. The van der Waals surface area contributed by atoms with Crippen molar-refractivity contribution in [1.82, 2.24) is 10.2 Å². The molecule has 104 valence electrons. The minimum absolute atomic E-state index is 0. The highest BCUT2D eigenvalue weighted by molar-refractivity contribution is 5.85. The second kappa shape index (κ2) is 5.90. The van der Waals surface area contributed by atoms with Crippen LogP contribution in [0.2, 0.25) is 0 Å². The second-order valence-electron chi connectivity index (χ2n) is 5.13. The van der Waals surface area contributed by atoms with Gasteiger partial charge in [-0.3, -0.25) is 4.79 Å². The van der Waals surface area contributed by atoms with Gasteiger partial charge in [0.25, 0.3) is 0 Å². The standard InChI is InChI=1S/C14H18N2O2.ClH/c17-13-9-18-14(6-7-15-10-14)11-16(13)8-12-4-2-1-3-5-12;/h1-5,15H,6-11H2;1H. The Hall–Kier alpha value is -1.10. The summed E-state index contributed by atoms with van der Waals surface area (Å²) in [5, 5.41) is 3.32. The summed E-state index contributed by atoms with van der Waals surface area (Å²) in [4.78, 5) is 13.8. The van der Waals surface area contributed by atoms with E-state index in [1.54, 1.807) is 0 Å². The molecule has 2 saturated heterocycles. The van der Waals surface area contributed by atoms with E-state index in [-0.39, 0.29) is 30.5 Å². The summed E-state index contributed by atoms with van der Waals surface area (Å²) in [6.45, 7) is 3.44. The van der Waals surface area contributed by atoms with Gasteiger partial charge in [0.2, 0.25) is 5.91 Å². The first kappa shape index (κ1) is 14.3. The average Bonchev–Trinajstić information content (AvgIpc) is 2.84. The molecule has 1 unspecified atom stereocenters. The van der Waals surface area contributed by atoms with Crippen LogP contribution in [0.4, 0.5) is 0 Å². The summed E-state index contributed by atoms with van der Waals surface area (Å²) < 4.78 is 5.75. The summed E-state index contributed by atoms with van der Waals surface area (Å²) in [7, 11) is 0. The third kappa shape index (κ3) is 3.08. The topological polar surface area (TPSA) is 41.6 Å². The smallest absolute Gasteiger partial charge is 0.249 e. The number of hydrogen-bond donors (Lipinski definition) is 1. The van der Waals surface area contributed by atoms with E-state index in [4.69, 9.17) is 4.74 Å². The first-order chi connectivity index (χ1) is 8.77. The van der Waals surface area contributed by atoms with E-state index in [0.29, 0.717) is 13.1 Å². The molecule has 1 aromatic carbocycles. The van der Waals surface area contributed by atoms with Crippen molar-refractivity contribution in [3.63, 3.8) is 0 Å². The normalized spacial score (nSPS) is 26.5. The van der Waals surface area contributed by atoms with Gasteiger partial charge in [-0.1, -0.05) is 30.3 Å². The Morgan fingerprint density at radius 3 is 2.79 bits per heavy atom. The van der Waals surface area contributed by atoms with Gasteiger partial charge in [-0.15, -0.1) is 12.4 Å². The predicted molar refractivity (Wildman–Crippen MR) is 75.3 cm³/mol. The molecule has 0 saturated carbocycles. The molecule has 1 amide bonds. The monoisotopic (exact) mass is 282 g/mol. The highest BCUT2D eigenvalue weighted by Crippen LogP contribution is 2.26. The largest absolute Gasteiger partial charge is 0.362 e. The van der Waals surface area contributed by atoms with E-state index in [2.05, 4.69) is 17.4 Å². The van der Waals surface area contributed by atoms with Gasteiger partial charge in [0.1, 0.15) is 6.61 Å². The van der Waals surface area contributed by atoms with E-state index in [9.17, 15) is 4.79 Å². The molecule has 2 aliphatic rings. The Morgan fingerprint density at radius 1 is 1.32 bits per heavy atom. The van der Waals surface area contributed by atoms with Crippen LogP contribution in [0.15, 0.2) is 30.3 Å².